The van der Waals surface area contributed by atoms with Crippen molar-refractivity contribution in [1.29, 1.82) is 0 Å². The lowest BCUT2D eigenvalue weighted by Crippen LogP contribution is -2.36. The Balaban J connectivity index is 1.69. The number of likely N-dealkylation sites (tertiary alicyclic amines) is 1. The lowest BCUT2D eigenvalue weighted by molar-refractivity contribution is -0.143. The topological polar surface area (TPSA) is 57.8 Å². The monoisotopic (exact) mass is 369 g/mol. The molecule has 1 aliphatic heterocycles. The molecule has 1 N–H and O–H groups in total. The van der Waals surface area contributed by atoms with Crippen molar-refractivity contribution in [2.75, 3.05) is 13.1 Å². The van der Waals surface area contributed by atoms with Crippen LogP contribution in [0.4, 0.5) is 0 Å². The Morgan fingerprint density at radius 1 is 1.15 bits per heavy atom. The number of rotatable bonds is 4. The molecule has 3 aromatic rings. The van der Waals surface area contributed by atoms with Gasteiger partial charge in [0.1, 0.15) is 5.65 Å². The molecule has 3 heterocycles. The number of halogens is 1. The van der Waals surface area contributed by atoms with Crippen LogP contribution >= 0.6 is 11.6 Å². The average Bonchev–Trinajstić information content (AvgIpc) is 3.01. The molecule has 0 bridgehead atoms. The minimum atomic E-state index is -0.684. The molecular formula is C20H20ClN3O2. The van der Waals surface area contributed by atoms with Crippen LogP contribution in [0.5, 0.6) is 0 Å². The molecule has 0 radical (unpaired) electrons. The number of hydrogen-bond donors (Lipinski definition) is 1. The van der Waals surface area contributed by atoms with Gasteiger partial charge in [-0.2, -0.15) is 0 Å². The van der Waals surface area contributed by atoms with Crippen molar-refractivity contribution >= 4 is 23.2 Å². The van der Waals surface area contributed by atoms with E-state index in [9.17, 15) is 9.90 Å². The number of carbonyl (C=O) groups is 1. The maximum atomic E-state index is 11.2. The first-order chi connectivity index (χ1) is 12.6. The number of nitrogens with zero attached hydrogens (tertiary/aromatic N) is 3. The summed E-state index contributed by atoms with van der Waals surface area (Å²) in [4.78, 5) is 18.3. The van der Waals surface area contributed by atoms with Gasteiger partial charge in [-0.25, -0.2) is 4.98 Å². The Morgan fingerprint density at radius 3 is 2.58 bits per heavy atom. The van der Waals surface area contributed by atoms with Gasteiger partial charge in [0.05, 0.1) is 22.3 Å². The van der Waals surface area contributed by atoms with Crippen LogP contribution in [0.2, 0.25) is 5.02 Å². The molecule has 5 nitrogen and oxygen atoms in total. The van der Waals surface area contributed by atoms with Crippen LogP contribution in [0, 0.1) is 5.92 Å². The first kappa shape index (κ1) is 17.1. The summed E-state index contributed by atoms with van der Waals surface area (Å²) in [5.41, 5.74) is 3.97. The van der Waals surface area contributed by atoms with Gasteiger partial charge in [0.2, 0.25) is 0 Å². The molecule has 26 heavy (non-hydrogen) atoms. The highest BCUT2D eigenvalue weighted by molar-refractivity contribution is 6.30. The molecule has 0 aliphatic carbocycles. The van der Waals surface area contributed by atoms with E-state index in [1.54, 1.807) is 0 Å². The van der Waals surface area contributed by atoms with Gasteiger partial charge >= 0.3 is 5.97 Å². The van der Waals surface area contributed by atoms with Crippen molar-refractivity contribution in [3.63, 3.8) is 0 Å². The van der Waals surface area contributed by atoms with E-state index in [4.69, 9.17) is 16.6 Å². The number of aromatic nitrogens is 2. The maximum Gasteiger partial charge on any atom is 0.306 e. The van der Waals surface area contributed by atoms with E-state index in [2.05, 4.69) is 17.0 Å². The molecule has 0 spiro atoms. The third-order valence-corrected chi connectivity index (χ3v) is 5.26. The zero-order chi connectivity index (χ0) is 18.1. The molecular weight excluding hydrogens is 350 g/mol. The van der Waals surface area contributed by atoms with Crippen molar-refractivity contribution in [1.82, 2.24) is 14.3 Å². The standard InChI is InChI=1S/C20H20ClN3O2/c21-16-6-7-18-22-19(14-4-2-1-3-5-14)17(24(18)12-16)13-23-10-8-15(9-11-23)20(25)26/h1-7,12,15H,8-11,13H2,(H,25,26). The number of pyridine rings is 1. The van der Waals surface area contributed by atoms with E-state index in [-0.39, 0.29) is 5.92 Å². The van der Waals surface area contributed by atoms with Gasteiger partial charge in [0.25, 0.3) is 0 Å². The normalized spacial score (nSPS) is 16.2. The number of imidazole rings is 1. The summed E-state index contributed by atoms with van der Waals surface area (Å²) >= 11 is 6.22. The highest BCUT2D eigenvalue weighted by Crippen LogP contribution is 2.28. The molecule has 1 aliphatic rings. The molecule has 6 heteroatoms. The van der Waals surface area contributed by atoms with E-state index >= 15 is 0 Å². The summed E-state index contributed by atoms with van der Waals surface area (Å²) in [7, 11) is 0. The summed E-state index contributed by atoms with van der Waals surface area (Å²) in [6.07, 6.45) is 3.27. The molecule has 1 saturated heterocycles. The summed E-state index contributed by atoms with van der Waals surface area (Å²) in [6, 6.07) is 13.9. The van der Waals surface area contributed by atoms with Gasteiger partial charge in [0.15, 0.2) is 0 Å². The molecule has 1 aromatic carbocycles. The van der Waals surface area contributed by atoms with Crippen molar-refractivity contribution in [2.45, 2.75) is 19.4 Å². The smallest absolute Gasteiger partial charge is 0.306 e. The summed E-state index contributed by atoms with van der Waals surface area (Å²) < 4.78 is 2.05. The van der Waals surface area contributed by atoms with Crippen LogP contribution in [0.15, 0.2) is 48.7 Å². The second kappa shape index (κ2) is 7.09. The molecule has 134 valence electrons. The Labute approximate surface area is 156 Å². The predicted molar refractivity (Wildman–Crippen MR) is 101 cm³/mol. The molecule has 1 fully saturated rings. The molecule has 4 rings (SSSR count). The third kappa shape index (κ3) is 3.32. The van der Waals surface area contributed by atoms with E-state index in [0.717, 1.165) is 42.2 Å². The van der Waals surface area contributed by atoms with Crippen LogP contribution in [0.3, 0.4) is 0 Å². The van der Waals surface area contributed by atoms with E-state index in [1.165, 1.54) is 0 Å². The first-order valence-electron chi connectivity index (χ1n) is 8.79. The zero-order valence-electron chi connectivity index (χ0n) is 14.3. The quantitative estimate of drug-likeness (QED) is 0.756. The molecule has 0 amide bonds. The average molecular weight is 370 g/mol. The number of aliphatic carboxylic acids is 1. The van der Waals surface area contributed by atoms with Crippen LogP contribution in [-0.4, -0.2) is 38.4 Å². The lowest BCUT2D eigenvalue weighted by Gasteiger charge is -2.30. The fourth-order valence-corrected chi connectivity index (χ4v) is 3.76. The third-order valence-electron chi connectivity index (χ3n) is 5.04. The first-order valence-corrected chi connectivity index (χ1v) is 9.16. The van der Waals surface area contributed by atoms with Crippen molar-refractivity contribution < 1.29 is 9.90 Å². The van der Waals surface area contributed by atoms with Gasteiger partial charge in [-0.1, -0.05) is 41.9 Å². The summed E-state index contributed by atoms with van der Waals surface area (Å²) in [5, 5.41) is 9.87. The van der Waals surface area contributed by atoms with E-state index in [0.29, 0.717) is 17.9 Å². The van der Waals surface area contributed by atoms with Gasteiger partial charge in [0, 0.05) is 18.3 Å². The maximum absolute atomic E-state index is 11.2. The second-order valence-electron chi connectivity index (χ2n) is 6.74. The lowest BCUT2D eigenvalue weighted by atomic mass is 9.97. The minimum absolute atomic E-state index is 0.225. The predicted octanol–water partition coefficient (Wildman–Crippen LogP) is 3.95. The minimum Gasteiger partial charge on any atom is -0.481 e. The molecule has 2 aromatic heterocycles. The zero-order valence-corrected chi connectivity index (χ0v) is 15.1. The van der Waals surface area contributed by atoms with Gasteiger partial charge in [-0.15, -0.1) is 0 Å². The molecule has 0 unspecified atom stereocenters. The highest BCUT2D eigenvalue weighted by Gasteiger charge is 2.26. The van der Waals surface area contributed by atoms with Crippen LogP contribution in [-0.2, 0) is 11.3 Å². The number of hydrogen-bond acceptors (Lipinski definition) is 3. The van der Waals surface area contributed by atoms with Crippen LogP contribution in [0.25, 0.3) is 16.9 Å². The van der Waals surface area contributed by atoms with Crippen molar-refractivity contribution in [3.05, 3.63) is 59.4 Å². The van der Waals surface area contributed by atoms with Gasteiger partial charge < -0.3 is 9.51 Å². The highest BCUT2D eigenvalue weighted by atomic mass is 35.5. The fraction of sp³-hybridized carbons (Fsp3) is 0.300. The number of carboxylic acids is 1. The Morgan fingerprint density at radius 2 is 1.88 bits per heavy atom. The van der Waals surface area contributed by atoms with E-state index in [1.807, 2.05) is 40.9 Å². The van der Waals surface area contributed by atoms with Crippen molar-refractivity contribution in [3.8, 4) is 11.3 Å². The number of piperidine rings is 1. The van der Waals surface area contributed by atoms with Crippen LogP contribution in [0.1, 0.15) is 18.5 Å². The molecule has 0 saturated carbocycles. The largest absolute Gasteiger partial charge is 0.481 e. The number of benzene rings is 1. The number of fused-ring (bicyclic) bond motifs is 1. The summed E-state index contributed by atoms with van der Waals surface area (Å²) in [5.74, 6) is -0.910. The Hall–Kier alpha value is -2.37. The number of carboxylic acid groups (broad SMARTS) is 1. The second-order valence-corrected chi connectivity index (χ2v) is 7.17. The molecule has 0 atom stereocenters. The van der Waals surface area contributed by atoms with Crippen LogP contribution < -0.4 is 0 Å². The van der Waals surface area contributed by atoms with Gasteiger partial charge in [-0.05, 0) is 38.1 Å². The van der Waals surface area contributed by atoms with E-state index < -0.39 is 5.97 Å². The fourth-order valence-electron chi connectivity index (χ4n) is 3.60. The summed E-state index contributed by atoms with van der Waals surface area (Å²) in [6.45, 7) is 2.27. The Kier molecular flexibility index (Phi) is 4.66. The SMILES string of the molecule is O=C(O)C1CCN(Cc2c(-c3ccccc3)nc3ccc(Cl)cn23)CC1. The van der Waals surface area contributed by atoms with Gasteiger partial charge in [-0.3, -0.25) is 9.69 Å². The Bertz CT molecular complexity index is 931. The van der Waals surface area contributed by atoms with Crippen molar-refractivity contribution in [2.24, 2.45) is 5.92 Å².